The van der Waals surface area contributed by atoms with Crippen LogP contribution in [0.25, 0.3) is 0 Å². The molecule has 0 saturated heterocycles. The molecule has 2 heterocycles. The van der Waals surface area contributed by atoms with E-state index in [1.807, 2.05) is 36.5 Å². The minimum atomic E-state index is -0.183. The SMILES string of the molecule is CC(C)(C)n1ncc2c1CCC[C@H]2NC(=O)C1=NO[C@@H](c2ccccc2)C1. The fourth-order valence-corrected chi connectivity index (χ4v) is 3.88. The van der Waals surface area contributed by atoms with E-state index in [4.69, 9.17) is 4.84 Å². The fraction of sp³-hybridized carbons (Fsp3) is 0.476. The van der Waals surface area contributed by atoms with Gasteiger partial charge in [0.15, 0.2) is 6.10 Å². The molecule has 27 heavy (non-hydrogen) atoms. The van der Waals surface area contributed by atoms with Crippen LogP contribution < -0.4 is 5.32 Å². The van der Waals surface area contributed by atoms with Crippen molar-refractivity contribution in [2.45, 2.75) is 64.1 Å². The van der Waals surface area contributed by atoms with E-state index in [2.05, 4.69) is 41.0 Å². The van der Waals surface area contributed by atoms with Crippen molar-refractivity contribution in [3.05, 3.63) is 53.3 Å². The number of nitrogens with zero attached hydrogens (tertiary/aromatic N) is 3. The van der Waals surface area contributed by atoms with Crippen LogP contribution in [0.3, 0.4) is 0 Å². The minimum Gasteiger partial charge on any atom is -0.387 e. The van der Waals surface area contributed by atoms with E-state index >= 15 is 0 Å². The molecule has 0 radical (unpaired) electrons. The van der Waals surface area contributed by atoms with E-state index < -0.39 is 0 Å². The van der Waals surface area contributed by atoms with Gasteiger partial charge in [-0.15, -0.1) is 0 Å². The van der Waals surface area contributed by atoms with Gasteiger partial charge in [-0.05, 0) is 45.6 Å². The Balaban J connectivity index is 1.45. The molecule has 2 aromatic rings. The summed E-state index contributed by atoms with van der Waals surface area (Å²) < 4.78 is 2.09. The quantitative estimate of drug-likeness (QED) is 0.901. The minimum absolute atomic E-state index is 0.0178. The second-order valence-corrected chi connectivity index (χ2v) is 8.29. The van der Waals surface area contributed by atoms with Crippen LogP contribution in [0.1, 0.15) is 69.0 Å². The molecule has 2 atom stereocenters. The number of aromatic nitrogens is 2. The maximum atomic E-state index is 12.8. The van der Waals surface area contributed by atoms with Gasteiger partial charge in [0, 0.05) is 17.7 Å². The third-order valence-electron chi connectivity index (χ3n) is 5.23. The molecule has 2 aliphatic rings. The first-order valence-corrected chi connectivity index (χ1v) is 9.59. The van der Waals surface area contributed by atoms with E-state index in [-0.39, 0.29) is 23.6 Å². The number of oxime groups is 1. The Bertz CT molecular complexity index is 864. The third-order valence-corrected chi connectivity index (χ3v) is 5.23. The summed E-state index contributed by atoms with van der Waals surface area (Å²) in [6.07, 6.45) is 5.18. The van der Waals surface area contributed by atoms with Gasteiger partial charge in [-0.25, -0.2) is 0 Å². The highest BCUT2D eigenvalue weighted by Crippen LogP contribution is 2.33. The van der Waals surface area contributed by atoms with Crippen LogP contribution in [0.4, 0.5) is 0 Å². The molecule has 0 bridgehead atoms. The normalized spacial score (nSPS) is 22.0. The summed E-state index contributed by atoms with van der Waals surface area (Å²) >= 11 is 0. The topological polar surface area (TPSA) is 68.5 Å². The summed E-state index contributed by atoms with van der Waals surface area (Å²) in [6, 6.07) is 9.87. The molecule has 0 fully saturated rings. The van der Waals surface area contributed by atoms with Gasteiger partial charge >= 0.3 is 0 Å². The van der Waals surface area contributed by atoms with Crippen LogP contribution in [0, 0.1) is 0 Å². The number of hydrogen-bond donors (Lipinski definition) is 1. The molecule has 0 unspecified atom stereocenters. The lowest BCUT2D eigenvalue weighted by Gasteiger charge is -2.28. The Morgan fingerprint density at radius 1 is 1.26 bits per heavy atom. The van der Waals surface area contributed by atoms with Crippen molar-refractivity contribution in [3.63, 3.8) is 0 Å². The second-order valence-electron chi connectivity index (χ2n) is 8.29. The standard InChI is InChI=1S/C21H26N4O2/c1-21(2,3)25-18-11-7-10-16(15(18)13-22-25)23-20(26)17-12-19(27-24-17)14-8-5-4-6-9-14/h4-6,8-9,13,16,19H,7,10-12H2,1-3H3,(H,23,26)/t16-,19-/m1/s1. The van der Waals surface area contributed by atoms with Crippen LogP contribution in [-0.2, 0) is 21.6 Å². The van der Waals surface area contributed by atoms with Crippen molar-refractivity contribution in [1.29, 1.82) is 0 Å². The molecule has 6 nitrogen and oxygen atoms in total. The summed E-state index contributed by atoms with van der Waals surface area (Å²) in [6.45, 7) is 6.45. The lowest BCUT2D eigenvalue weighted by Crippen LogP contribution is -2.36. The van der Waals surface area contributed by atoms with Gasteiger partial charge in [0.1, 0.15) is 5.71 Å². The van der Waals surface area contributed by atoms with Crippen molar-refractivity contribution in [2.24, 2.45) is 5.16 Å². The number of benzene rings is 1. The first kappa shape index (κ1) is 17.8. The largest absolute Gasteiger partial charge is 0.387 e. The smallest absolute Gasteiger partial charge is 0.269 e. The molecule has 1 aliphatic carbocycles. The Kier molecular flexibility index (Phi) is 4.50. The van der Waals surface area contributed by atoms with Gasteiger partial charge in [0.05, 0.1) is 17.8 Å². The van der Waals surface area contributed by atoms with E-state index in [1.54, 1.807) is 0 Å². The molecule has 0 spiro atoms. The molecule has 1 aliphatic heterocycles. The summed E-state index contributed by atoms with van der Waals surface area (Å²) in [4.78, 5) is 18.2. The van der Waals surface area contributed by atoms with Crippen molar-refractivity contribution in [2.75, 3.05) is 0 Å². The van der Waals surface area contributed by atoms with Crippen LogP contribution >= 0.6 is 0 Å². The number of nitrogens with one attached hydrogen (secondary N) is 1. The first-order chi connectivity index (χ1) is 12.9. The van der Waals surface area contributed by atoms with Gasteiger partial charge in [0.2, 0.25) is 0 Å². The predicted molar refractivity (Wildman–Crippen MR) is 103 cm³/mol. The molecule has 1 amide bonds. The van der Waals surface area contributed by atoms with Gasteiger partial charge in [0.25, 0.3) is 5.91 Å². The molecule has 1 aromatic heterocycles. The van der Waals surface area contributed by atoms with Crippen LogP contribution in [0.15, 0.2) is 41.7 Å². The highest BCUT2D eigenvalue weighted by atomic mass is 16.6. The number of fused-ring (bicyclic) bond motifs is 1. The number of carbonyl (C=O) groups excluding carboxylic acids is 1. The third kappa shape index (κ3) is 3.48. The maximum absolute atomic E-state index is 12.8. The van der Waals surface area contributed by atoms with E-state index in [0.29, 0.717) is 12.1 Å². The number of hydrogen-bond acceptors (Lipinski definition) is 4. The maximum Gasteiger partial charge on any atom is 0.269 e. The average molecular weight is 366 g/mol. The summed E-state index contributed by atoms with van der Waals surface area (Å²) in [5.41, 5.74) is 3.79. The Labute approximate surface area is 159 Å². The summed E-state index contributed by atoms with van der Waals surface area (Å²) in [5, 5.41) is 11.8. The zero-order valence-electron chi connectivity index (χ0n) is 16.1. The molecule has 1 N–H and O–H groups in total. The Morgan fingerprint density at radius 2 is 2.04 bits per heavy atom. The number of carbonyl (C=O) groups is 1. The van der Waals surface area contributed by atoms with E-state index in [1.165, 1.54) is 5.69 Å². The van der Waals surface area contributed by atoms with Crippen LogP contribution in [0.2, 0.25) is 0 Å². The molecule has 1 aromatic carbocycles. The molecule has 0 saturated carbocycles. The van der Waals surface area contributed by atoms with Gasteiger partial charge in [-0.1, -0.05) is 35.5 Å². The van der Waals surface area contributed by atoms with Gasteiger partial charge in [-0.3, -0.25) is 9.48 Å². The number of amides is 1. The van der Waals surface area contributed by atoms with Crippen LogP contribution in [-0.4, -0.2) is 21.4 Å². The predicted octanol–water partition coefficient (Wildman–Crippen LogP) is 3.65. The highest BCUT2D eigenvalue weighted by Gasteiger charge is 2.32. The van der Waals surface area contributed by atoms with Crippen molar-refractivity contribution in [1.82, 2.24) is 15.1 Å². The Morgan fingerprint density at radius 3 is 2.78 bits per heavy atom. The average Bonchev–Trinajstić information content (AvgIpc) is 3.30. The molecular weight excluding hydrogens is 340 g/mol. The van der Waals surface area contributed by atoms with Crippen molar-refractivity contribution in [3.8, 4) is 0 Å². The molecular formula is C21H26N4O2. The van der Waals surface area contributed by atoms with Crippen molar-refractivity contribution < 1.29 is 9.63 Å². The molecule has 142 valence electrons. The highest BCUT2D eigenvalue weighted by molar-refractivity contribution is 6.39. The second kappa shape index (κ2) is 6.83. The van der Waals surface area contributed by atoms with Crippen LogP contribution in [0.5, 0.6) is 0 Å². The zero-order chi connectivity index (χ0) is 19.0. The zero-order valence-corrected chi connectivity index (χ0v) is 16.1. The molecule has 6 heteroatoms. The Hall–Kier alpha value is -2.63. The number of rotatable bonds is 3. The summed E-state index contributed by atoms with van der Waals surface area (Å²) in [5.74, 6) is -0.144. The first-order valence-electron chi connectivity index (χ1n) is 9.59. The monoisotopic (exact) mass is 366 g/mol. The fourth-order valence-electron chi connectivity index (χ4n) is 3.88. The van der Waals surface area contributed by atoms with Crippen molar-refractivity contribution >= 4 is 11.6 Å². The lowest BCUT2D eigenvalue weighted by molar-refractivity contribution is -0.115. The summed E-state index contributed by atoms with van der Waals surface area (Å²) in [7, 11) is 0. The molecule has 4 rings (SSSR count). The van der Waals surface area contributed by atoms with E-state index in [0.717, 1.165) is 30.4 Å². The van der Waals surface area contributed by atoms with E-state index in [9.17, 15) is 4.79 Å². The van der Waals surface area contributed by atoms with Gasteiger partial charge in [-0.2, -0.15) is 5.10 Å². The lowest BCUT2D eigenvalue weighted by atomic mass is 9.92. The van der Waals surface area contributed by atoms with Gasteiger partial charge < -0.3 is 10.2 Å².